The quantitative estimate of drug-likeness (QED) is 0.926. The Morgan fingerprint density at radius 2 is 2.14 bits per heavy atom. The maximum absolute atomic E-state index is 12.9. The average molecular weight is 304 g/mol. The SMILES string of the molecule is CCNc1cc(N2CCOCC2CC)nc(C(F)(F)F)n1. The number of morpholine rings is 1. The summed E-state index contributed by atoms with van der Waals surface area (Å²) in [5, 5.41) is 2.82. The molecule has 1 unspecified atom stereocenters. The van der Waals surface area contributed by atoms with E-state index in [0.717, 1.165) is 6.42 Å². The third-order valence-corrected chi connectivity index (χ3v) is 3.32. The Kier molecular flexibility index (Phi) is 4.87. The van der Waals surface area contributed by atoms with Crippen molar-refractivity contribution in [3.8, 4) is 0 Å². The number of nitrogens with one attached hydrogen (secondary N) is 1. The van der Waals surface area contributed by atoms with Gasteiger partial charge in [-0.25, -0.2) is 9.97 Å². The van der Waals surface area contributed by atoms with Gasteiger partial charge in [-0.05, 0) is 13.3 Å². The molecule has 5 nitrogen and oxygen atoms in total. The number of ether oxygens (including phenoxy) is 1. The highest BCUT2D eigenvalue weighted by Gasteiger charge is 2.36. The molecule has 2 heterocycles. The van der Waals surface area contributed by atoms with Crippen molar-refractivity contribution >= 4 is 11.6 Å². The van der Waals surface area contributed by atoms with Crippen LogP contribution in [0.1, 0.15) is 26.1 Å². The predicted molar refractivity (Wildman–Crippen MR) is 73.4 cm³/mol. The van der Waals surface area contributed by atoms with Crippen molar-refractivity contribution < 1.29 is 17.9 Å². The van der Waals surface area contributed by atoms with E-state index in [1.165, 1.54) is 0 Å². The zero-order chi connectivity index (χ0) is 15.5. The minimum Gasteiger partial charge on any atom is -0.377 e. The first-order chi connectivity index (χ1) is 9.95. The molecular formula is C13H19F3N4O. The number of nitrogens with zero attached hydrogens (tertiary/aromatic N) is 3. The first-order valence-corrected chi connectivity index (χ1v) is 7.00. The lowest BCUT2D eigenvalue weighted by molar-refractivity contribution is -0.144. The first kappa shape index (κ1) is 15.8. The minimum atomic E-state index is -4.56. The zero-order valence-corrected chi connectivity index (χ0v) is 12.1. The van der Waals surface area contributed by atoms with Crippen LogP contribution in [0.5, 0.6) is 0 Å². The maximum atomic E-state index is 12.9. The highest BCUT2D eigenvalue weighted by Crippen LogP contribution is 2.30. The fourth-order valence-electron chi connectivity index (χ4n) is 2.27. The molecule has 118 valence electrons. The fourth-order valence-corrected chi connectivity index (χ4v) is 2.27. The van der Waals surface area contributed by atoms with Crippen molar-refractivity contribution in [2.45, 2.75) is 32.5 Å². The molecule has 1 aliphatic rings. The van der Waals surface area contributed by atoms with Crippen molar-refractivity contribution in [1.29, 1.82) is 0 Å². The van der Waals surface area contributed by atoms with Crippen LogP contribution in [-0.2, 0) is 10.9 Å². The Hall–Kier alpha value is -1.57. The molecule has 8 heteroatoms. The van der Waals surface area contributed by atoms with Gasteiger partial charge in [0.25, 0.3) is 0 Å². The van der Waals surface area contributed by atoms with E-state index >= 15 is 0 Å². The second kappa shape index (κ2) is 6.46. The smallest absolute Gasteiger partial charge is 0.377 e. The van der Waals surface area contributed by atoms with Crippen molar-refractivity contribution in [2.24, 2.45) is 0 Å². The standard InChI is InChI=1S/C13H19F3N4O/c1-3-9-8-21-6-5-20(9)11-7-10(17-4-2)18-12(19-11)13(14,15)16/h7,9H,3-6,8H2,1-2H3,(H,17,18,19). The summed E-state index contributed by atoms with van der Waals surface area (Å²) in [5.74, 6) is -0.628. The highest BCUT2D eigenvalue weighted by atomic mass is 19.4. The summed E-state index contributed by atoms with van der Waals surface area (Å²) in [6.45, 7) is 5.78. The first-order valence-electron chi connectivity index (χ1n) is 7.00. The molecule has 0 bridgehead atoms. The van der Waals surface area contributed by atoms with E-state index in [1.54, 1.807) is 13.0 Å². The highest BCUT2D eigenvalue weighted by molar-refractivity contribution is 5.50. The van der Waals surface area contributed by atoms with E-state index in [-0.39, 0.29) is 11.9 Å². The number of hydrogen-bond donors (Lipinski definition) is 1. The third kappa shape index (κ3) is 3.75. The van der Waals surface area contributed by atoms with Crippen LogP contribution in [0.2, 0.25) is 0 Å². The van der Waals surface area contributed by atoms with Crippen LogP contribution in [-0.4, -0.2) is 42.3 Å². The average Bonchev–Trinajstić information content (AvgIpc) is 2.46. The van der Waals surface area contributed by atoms with Crippen molar-refractivity contribution in [1.82, 2.24) is 9.97 Å². The summed E-state index contributed by atoms with van der Waals surface area (Å²) in [5.41, 5.74) is 0. The van der Waals surface area contributed by atoms with Crippen molar-refractivity contribution in [2.75, 3.05) is 36.5 Å². The molecule has 2 rings (SSSR count). The van der Waals surface area contributed by atoms with Crippen LogP contribution >= 0.6 is 0 Å². The number of anilines is 2. The van der Waals surface area contributed by atoms with E-state index in [1.807, 2.05) is 11.8 Å². The van der Waals surface area contributed by atoms with Gasteiger partial charge in [-0.3, -0.25) is 0 Å². The predicted octanol–water partition coefficient (Wildman–Crippen LogP) is 2.54. The van der Waals surface area contributed by atoms with Crippen molar-refractivity contribution in [3.63, 3.8) is 0 Å². The van der Waals surface area contributed by atoms with Gasteiger partial charge in [0.1, 0.15) is 11.6 Å². The number of halogens is 3. The normalized spacial score (nSPS) is 19.7. The van der Waals surface area contributed by atoms with Gasteiger partial charge in [0.15, 0.2) is 0 Å². The van der Waals surface area contributed by atoms with Gasteiger partial charge in [-0.15, -0.1) is 0 Å². The Bertz CT molecular complexity index is 481. The van der Waals surface area contributed by atoms with E-state index in [9.17, 15) is 13.2 Å². The van der Waals surface area contributed by atoms with Crippen LogP contribution < -0.4 is 10.2 Å². The van der Waals surface area contributed by atoms with Crippen LogP contribution in [0.15, 0.2) is 6.07 Å². The monoisotopic (exact) mass is 304 g/mol. The molecule has 0 radical (unpaired) electrons. The van der Waals surface area contributed by atoms with Crippen LogP contribution in [0.25, 0.3) is 0 Å². The summed E-state index contributed by atoms with van der Waals surface area (Å²) >= 11 is 0. The van der Waals surface area contributed by atoms with Crippen molar-refractivity contribution in [3.05, 3.63) is 11.9 Å². The second-order valence-corrected chi connectivity index (χ2v) is 4.79. The van der Waals surface area contributed by atoms with Crippen LogP contribution in [0, 0.1) is 0 Å². The molecule has 0 aliphatic carbocycles. The van der Waals surface area contributed by atoms with Gasteiger partial charge >= 0.3 is 6.18 Å². The van der Waals surface area contributed by atoms with Crippen LogP contribution in [0.3, 0.4) is 0 Å². The molecule has 0 amide bonds. The van der Waals surface area contributed by atoms with Gasteiger partial charge in [0.05, 0.1) is 19.3 Å². The van der Waals surface area contributed by atoms with E-state index in [4.69, 9.17) is 4.74 Å². The van der Waals surface area contributed by atoms with E-state index in [2.05, 4.69) is 15.3 Å². The second-order valence-electron chi connectivity index (χ2n) is 4.79. The Morgan fingerprint density at radius 3 is 2.76 bits per heavy atom. The zero-order valence-electron chi connectivity index (χ0n) is 12.1. The summed E-state index contributed by atoms with van der Waals surface area (Å²) in [4.78, 5) is 9.10. The number of rotatable bonds is 4. The summed E-state index contributed by atoms with van der Waals surface area (Å²) < 4.78 is 44.2. The lowest BCUT2D eigenvalue weighted by Gasteiger charge is -2.36. The number of aromatic nitrogens is 2. The maximum Gasteiger partial charge on any atom is 0.451 e. The van der Waals surface area contributed by atoms with Crippen LogP contribution in [0.4, 0.5) is 24.8 Å². The summed E-state index contributed by atoms with van der Waals surface area (Å²) in [7, 11) is 0. The van der Waals surface area contributed by atoms with Gasteiger partial charge in [0.2, 0.25) is 5.82 Å². The molecule has 1 aromatic heterocycles. The largest absolute Gasteiger partial charge is 0.451 e. The molecule has 1 aliphatic heterocycles. The molecule has 1 aromatic rings. The molecule has 1 fully saturated rings. The molecule has 1 saturated heterocycles. The summed E-state index contributed by atoms with van der Waals surface area (Å²) in [6.07, 6.45) is -3.78. The lowest BCUT2D eigenvalue weighted by Crippen LogP contribution is -2.45. The van der Waals surface area contributed by atoms with E-state index < -0.39 is 12.0 Å². The Labute approximate surface area is 121 Å². The fraction of sp³-hybridized carbons (Fsp3) is 0.692. The Morgan fingerprint density at radius 1 is 1.38 bits per heavy atom. The van der Waals surface area contributed by atoms with Gasteiger partial charge in [0, 0.05) is 19.2 Å². The molecule has 1 N–H and O–H groups in total. The van der Waals surface area contributed by atoms with Gasteiger partial charge < -0.3 is 15.0 Å². The van der Waals surface area contributed by atoms with E-state index in [0.29, 0.717) is 32.1 Å². The molecular weight excluding hydrogens is 285 g/mol. The van der Waals surface area contributed by atoms with Gasteiger partial charge in [-0.1, -0.05) is 6.92 Å². The molecule has 0 aromatic carbocycles. The molecule has 21 heavy (non-hydrogen) atoms. The van der Waals surface area contributed by atoms with Gasteiger partial charge in [-0.2, -0.15) is 13.2 Å². The topological polar surface area (TPSA) is 50.3 Å². The molecule has 0 saturated carbocycles. The molecule has 1 atom stereocenters. The third-order valence-electron chi connectivity index (χ3n) is 3.32. The minimum absolute atomic E-state index is 0.0317. The number of alkyl halides is 3. The lowest BCUT2D eigenvalue weighted by atomic mass is 10.2. The summed E-state index contributed by atoms with van der Waals surface area (Å²) in [6, 6.07) is 1.59. The Balaban J connectivity index is 2.38. The molecule has 0 spiro atoms. The number of hydrogen-bond acceptors (Lipinski definition) is 5.